The maximum atomic E-state index is 13.4. The van der Waals surface area contributed by atoms with E-state index in [1.807, 2.05) is 0 Å². The number of hydrogen-bond donors (Lipinski definition) is 2. The normalized spacial score (nSPS) is 12.0. The molecule has 0 aliphatic rings. The van der Waals surface area contributed by atoms with Crippen molar-refractivity contribution in [3.05, 3.63) is 71.8 Å². The zero-order chi connectivity index (χ0) is 21.4. The molecule has 0 radical (unpaired) electrons. The van der Waals surface area contributed by atoms with Crippen molar-refractivity contribution < 1.29 is 30.8 Å². The number of halogens is 4. The van der Waals surface area contributed by atoms with Crippen LogP contribution in [-0.4, -0.2) is 24.1 Å². The molecule has 0 saturated carbocycles. The minimum absolute atomic E-state index is 0.0338. The van der Waals surface area contributed by atoms with Crippen molar-refractivity contribution in [1.29, 1.82) is 0 Å². The van der Waals surface area contributed by atoms with Gasteiger partial charge in [-0.15, -0.1) is 0 Å². The smallest absolute Gasteiger partial charge is 0.364 e. The third kappa shape index (κ3) is 4.37. The Bertz CT molecular complexity index is 1170. The number of anilines is 1. The number of nitrogens with zero attached hydrogens (tertiary/aromatic N) is 2. The summed E-state index contributed by atoms with van der Waals surface area (Å²) < 4.78 is 79.9. The Morgan fingerprint density at radius 1 is 1.07 bits per heavy atom. The van der Waals surface area contributed by atoms with E-state index in [4.69, 9.17) is 5.73 Å². The van der Waals surface area contributed by atoms with Gasteiger partial charge in [0.25, 0.3) is 15.9 Å². The van der Waals surface area contributed by atoms with Crippen molar-refractivity contribution in [3.8, 4) is 5.69 Å². The number of nitrogens with two attached hydrogens (primary N) is 1. The van der Waals surface area contributed by atoms with Crippen LogP contribution in [0, 0.1) is 5.82 Å². The van der Waals surface area contributed by atoms with Gasteiger partial charge < -0.3 is 5.73 Å². The fourth-order valence-corrected chi connectivity index (χ4v) is 3.47. The van der Waals surface area contributed by atoms with Crippen LogP contribution in [0.2, 0.25) is 0 Å². The monoisotopic (exact) mass is 428 g/mol. The van der Waals surface area contributed by atoms with Crippen molar-refractivity contribution >= 4 is 21.6 Å². The maximum Gasteiger partial charge on any atom is 0.419 e. The van der Waals surface area contributed by atoms with Gasteiger partial charge in [0.15, 0.2) is 0 Å². The molecule has 3 rings (SSSR count). The number of rotatable bonds is 5. The lowest BCUT2D eigenvalue weighted by Gasteiger charge is -2.12. The molecule has 0 spiro atoms. The van der Waals surface area contributed by atoms with E-state index >= 15 is 0 Å². The topological polar surface area (TPSA) is 107 Å². The standard InChI is InChI=1S/C17H12F4N4O3S/c18-14-6-5-12(9-13(14)17(19,20)21)29(27,28)24-10-1-3-11(4-2-10)25-8-7-15(23-25)16(22)26/h1-9,24H,(H2,22,26). The highest BCUT2D eigenvalue weighted by Gasteiger charge is 2.35. The summed E-state index contributed by atoms with van der Waals surface area (Å²) in [6.45, 7) is 0. The Morgan fingerprint density at radius 2 is 1.72 bits per heavy atom. The van der Waals surface area contributed by atoms with Crippen LogP contribution in [0.15, 0.2) is 59.6 Å². The van der Waals surface area contributed by atoms with Crippen LogP contribution in [-0.2, 0) is 16.2 Å². The van der Waals surface area contributed by atoms with Gasteiger partial charge in [0.1, 0.15) is 11.5 Å². The molecular weight excluding hydrogens is 416 g/mol. The number of hydrogen-bond acceptors (Lipinski definition) is 4. The number of aromatic nitrogens is 2. The molecule has 3 aromatic rings. The first-order valence-corrected chi connectivity index (χ1v) is 9.31. The Balaban J connectivity index is 1.85. The summed E-state index contributed by atoms with van der Waals surface area (Å²) >= 11 is 0. The van der Waals surface area contributed by atoms with Gasteiger partial charge in [0.05, 0.1) is 16.1 Å². The molecule has 2 aromatic carbocycles. The lowest BCUT2D eigenvalue weighted by molar-refractivity contribution is -0.140. The molecule has 0 aliphatic heterocycles. The summed E-state index contributed by atoms with van der Waals surface area (Å²) in [5, 5.41) is 3.93. The molecule has 0 fully saturated rings. The average Bonchev–Trinajstić information content (AvgIpc) is 3.11. The predicted octanol–water partition coefficient (Wildman–Crippen LogP) is 2.93. The highest BCUT2D eigenvalue weighted by Crippen LogP contribution is 2.33. The van der Waals surface area contributed by atoms with Gasteiger partial charge in [0, 0.05) is 11.9 Å². The van der Waals surface area contributed by atoms with Gasteiger partial charge in [-0.1, -0.05) is 0 Å². The van der Waals surface area contributed by atoms with Crippen LogP contribution >= 0.6 is 0 Å². The molecule has 3 N–H and O–H groups in total. The van der Waals surface area contributed by atoms with E-state index in [2.05, 4.69) is 9.82 Å². The third-order valence-electron chi connectivity index (χ3n) is 3.78. The quantitative estimate of drug-likeness (QED) is 0.610. The van der Waals surface area contributed by atoms with Crippen LogP contribution in [0.4, 0.5) is 23.2 Å². The van der Waals surface area contributed by atoms with Gasteiger partial charge >= 0.3 is 6.18 Å². The van der Waals surface area contributed by atoms with E-state index < -0.39 is 38.4 Å². The lowest BCUT2D eigenvalue weighted by Crippen LogP contribution is -2.15. The molecular formula is C17H12F4N4O3S. The first-order chi connectivity index (χ1) is 13.5. The predicted molar refractivity (Wildman–Crippen MR) is 94.3 cm³/mol. The minimum atomic E-state index is -5.04. The largest absolute Gasteiger partial charge is 0.419 e. The fraction of sp³-hybridized carbons (Fsp3) is 0.0588. The van der Waals surface area contributed by atoms with Crippen LogP contribution in [0.1, 0.15) is 16.1 Å². The van der Waals surface area contributed by atoms with Crippen molar-refractivity contribution in [3.63, 3.8) is 0 Å². The second-order valence-electron chi connectivity index (χ2n) is 5.80. The maximum absolute atomic E-state index is 13.4. The summed E-state index contributed by atoms with van der Waals surface area (Å²) in [5.74, 6) is -2.29. The van der Waals surface area contributed by atoms with E-state index in [1.54, 1.807) is 0 Å². The molecule has 0 atom stereocenters. The van der Waals surface area contributed by atoms with E-state index in [0.717, 1.165) is 6.07 Å². The van der Waals surface area contributed by atoms with Crippen molar-refractivity contribution in [2.75, 3.05) is 4.72 Å². The highest BCUT2D eigenvalue weighted by molar-refractivity contribution is 7.92. The van der Waals surface area contributed by atoms with Gasteiger partial charge in [-0.25, -0.2) is 17.5 Å². The molecule has 7 nitrogen and oxygen atoms in total. The number of amides is 1. The zero-order valence-corrected chi connectivity index (χ0v) is 15.1. The van der Waals surface area contributed by atoms with Crippen molar-refractivity contribution in [2.45, 2.75) is 11.1 Å². The number of primary amides is 1. The number of carbonyl (C=O) groups is 1. The average molecular weight is 428 g/mol. The highest BCUT2D eigenvalue weighted by atomic mass is 32.2. The molecule has 0 aliphatic carbocycles. The number of nitrogens with one attached hydrogen (secondary N) is 1. The Morgan fingerprint density at radius 3 is 2.28 bits per heavy atom. The first kappa shape index (κ1) is 20.3. The van der Waals surface area contributed by atoms with E-state index in [0.29, 0.717) is 11.8 Å². The molecule has 0 saturated heterocycles. The second-order valence-corrected chi connectivity index (χ2v) is 7.48. The Hall–Kier alpha value is -3.41. The Kier molecular flexibility index (Phi) is 5.05. The molecule has 0 bridgehead atoms. The van der Waals surface area contributed by atoms with Crippen LogP contribution in [0.25, 0.3) is 5.69 Å². The van der Waals surface area contributed by atoms with Gasteiger partial charge in [-0.05, 0) is 48.5 Å². The molecule has 1 heterocycles. The molecule has 152 valence electrons. The van der Waals surface area contributed by atoms with Crippen LogP contribution < -0.4 is 10.5 Å². The summed E-state index contributed by atoms with van der Waals surface area (Å²) in [7, 11) is -4.40. The number of carbonyl (C=O) groups excluding carboxylic acids is 1. The summed E-state index contributed by atoms with van der Waals surface area (Å²) in [4.78, 5) is 10.3. The van der Waals surface area contributed by atoms with Gasteiger partial charge in [-0.2, -0.15) is 18.3 Å². The number of sulfonamides is 1. The number of alkyl halides is 3. The first-order valence-electron chi connectivity index (χ1n) is 7.83. The zero-order valence-electron chi connectivity index (χ0n) is 14.3. The van der Waals surface area contributed by atoms with Crippen molar-refractivity contribution in [2.24, 2.45) is 5.73 Å². The summed E-state index contributed by atoms with van der Waals surface area (Å²) in [6.07, 6.45) is -3.57. The SMILES string of the molecule is NC(=O)c1ccn(-c2ccc(NS(=O)(=O)c3ccc(F)c(C(F)(F)F)c3)cc2)n1. The van der Waals surface area contributed by atoms with E-state index in [1.165, 1.54) is 41.2 Å². The minimum Gasteiger partial charge on any atom is -0.364 e. The third-order valence-corrected chi connectivity index (χ3v) is 5.16. The lowest BCUT2D eigenvalue weighted by atomic mass is 10.2. The summed E-state index contributed by atoms with van der Waals surface area (Å²) in [6, 6.07) is 8.39. The second kappa shape index (κ2) is 7.20. The Labute approximate surface area is 161 Å². The molecule has 0 unspecified atom stereocenters. The molecule has 1 amide bonds. The summed E-state index contributed by atoms with van der Waals surface area (Å²) in [5.41, 5.74) is 3.99. The fourth-order valence-electron chi connectivity index (χ4n) is 2.38. The van der Waals surface area contributed by atoms with Crippen LogP contribution in [0.5, 0.6) is 0 Å². The van der Waals surface area contributed by atoms with Crippen LogP contribution in [0.3, 0.4) is 0 Å². The van der Waals surface area contributed by atoms with Gasteiger partial charge in [0.2, 0.25) is 0 Å². The molecule has 12 heteroatoms. The van der Waals surface area contributed by atoms with Gasteiger partial charge in [-0.3, -0.25) is 9.52 Å². The van der Waals surface area contributed by atoms with Crippen molar-refractivity contribution in [1.82, 2.24) is 9.78 Å². The molecule has 29 heavy (non-hydrogen) atoms. The van der Waals surface area contributed by atoms with E-state index in [-0.39, 0.29) is 17.4 Å². The van der Waals surface area contributed by atoms with E-state index in [9.17, 15) is 30.8 Å². The molecule has 1 aromatic heterocycles. The number of benzene rings is 2.